The van der Waals surface area contributed by atoms with Crippen molar-refractivity contribution in [3.8, 4) is 0 Å². The lowest BCUT2D eigenvalue weighted by Gasteiger charge is -2.01. The van der Waals surface area contributed by atoms with Gasteiger partial charge in [0, 0.05) is 24.1 Å². The van der Waals surface area contributed by atoms with Gasteiger partial charge >= 0.3 is 0 Å². The third kappa shape index (κ3) is 3.54. The Morgan fingerprint density at radius 1 is 1.53 bits per heavy atom. The lowest BCUT2D eigenvalue weighted by Crippen LogP contribution is -2.11. The van der Waals surface area contributed by atoms with Gasteiger partial charge in [0.2, 0.25) is 0 Å². The fraction of sp³-hybridized carbons (Fsp3) is 0.667. The zero-order valence-electron chi connectivity index (χ0n) is 9.10. The Labute approximate surface area is 90.2 Å². The summed E-state index contributed by atoms with van der Waals surface area (Å²) in [5.74, 6) is 0.920. The highest BCUT2D eigenvalue weighted by Crippen LogP contribution is 2.06. The zero-order valence-corrected chi connectivity index (χ0v) is 9.92. The molecule has 1 aromatic rings. The summed E-state index contributed by atoms with van der Waals surface area (Å²) < 4.78 is 24.1. The standard InChI is InChI=1S/C9H17N3O2S/c1-3-15(13,14)6-4-5-12-7-8(2)9(10)11-12/h7H,3-6H2,1-2H3,(H2,10,11). The molecular formula is C9H17N3O2S. The number of hydrogen-bond acceptors (Lipinski definition) is 4. The number of aryl methyl sites for hydroxylation is 2. The summed E-state index contributed by atoms with van der Waals surface area (Å²) in [4.78, 5) is 0. The van der Waals surface area contributed by atoms with Crippen LogP contribution < -0.4 is 5.73 Å². The minimum Gasteiger partial charge on any atom is -0.382 e. The Balaban J connectivity index is 2.45. The Hall–Kier alpha value is -1.04. The molecule has 1 rings (SSSR count). The molecule has 0 amide bonds. The number of anilines is 1. The molecule has 0 aliphatic carbocycles. The minimum atomic E-state index is -2.87. The first-order valence-electron chi connectivity index (χ1n) is 4.94. The molecule has 1 heterocycles. The van der Waals surface area contributed by atoms with Gasteiger partial charge in [-0.1, -0.05) is 6.92 Å². The van der Waals surface area contributed by atoms with Crippen molar-refractivity contribution >= 4 is 15.7 Å². The number of nitrogens with zero attached hydrogens (tertiary/aromatic N) is 2. The Morgan fingerprint density at radius 2 is 2.20 bits per heavy atom. The Bertz CT molecular complexity index is 403. The molecular weight excluding hydrogens is 214 g/mol. The third-order valence-corrected chi connectivity index (χ3v) is 4.06. The van der Waals surface area contributed by atoms with Gasteiger partial charge in [0.15, 0.2) is 0 Å². The number of nitrogens with two attached hydrogens (primary N) is 1. The summed E-state index contributed by atoms with van der Waals surface area (Å²) in [6, 6.07) is 0. The second kappa shape index (κ2) is 4.65. The van der Waals surface area contributed by atoms with E-state index in [-0.39, 0.29) is 11.5 Å². The van der Waals surface area contributed by atoms with E-state index in [2.05, 4.69) is 5.10 Å². The number of aromatic nitrogens is 2. The summed E-state index contributed by atoms with van der Waals surface area (Å²) in [6.45, 7) is 4.13. The molecule has 0 fully saturated rings. The SMILES string of the molecule is CCS(=O)(=O)CCCn1cc(C)c(N)n1. The molecule has 15 heavy (non-hydrogen) atoms. The fourth-order valence-corrected chi connectivity index (χ4v) is 2.10. The smallest absolute Gasteiger partial charge is 0.150 e. The number of nitrogen functional groups attached to an aromatic ring is 1. The van der Waals surface area contributed by atoms with Crippen LogP contribution in [0.3, 0.4) is 0 Å². The second-order valence-corrected chi connectivity index (χ2v) is 6.02. The van der Waals surface area contributed by atoms with Crippen molar-refractivity contribution in [3.05, 3.63) is 11.8 Å². The summed E-state index contributed by atoms with van der Waals surface area (Å²) >= 11 is 0. The topological polar surface area (TPSA) is 78.0 Å². The predicted molar refractivity (Wildman–Crippen MR) is 60.3 cm³/mol. The monoisotopic (exact) mass is 231 g/mol. The van der Waals surface area contributed by atoms with Gasteiger partial charge in [-0.05, 0) is 13.3 Å². The van der Waals surface area contributed by atoms with Crippen LogP contribution in [0, 0.1) is 6.92 Å². The van der Waals surface area contributed by atoms with Crippen LogP contribution in [0.4, 0.5) is 5.82 Å². The van der Waals surface area contributed by atoms with Crippen LogP contribution in [0.15, 0.2) is 6.20 Å². The van der Waals surface area contributed by atoms with Crippen molar-refractivity contribution < 1.29 is 8.42 Å². The van der Waals surface area contributed by atoms with Gasteiger partial charge in [-0.15, -0.1) is 0 Å². The van der Waals surface area contributed by atoms with Crippen LogP contribution >= 0.6 is 0 Å². The predicted octanol–water partition coefficient (Wildman–Crippen LogP) is 0.599. The lowest BCUT2D eigenvalue weighted by atomic mass is 10.4. The molecule has 1 aromatic heterocycles. The van der Waals surface area contributed by atoms with Crippen LogP contribution in [-0.2, 0) is 16.4 Å². The Kier molecular flexibility index (Phi) is 3.73. The van der Waals surface area contributed by atoms with E-state index in [1.54, 1.807) is 11.6 Å². The number of hydrogen-bond donors (Lipinski definition) is 1. The van der Waals surface area contributed by atoms with Gasteiger partial charge < -0.3 is 5.73 Å². The maximum Gasteiger partial charge on any atom is 0.150 e. The van der Waals surface area contributed by atoms with Crippen molar-refractivity contribution in [1.82, 2.24) is 9.78 Å². The largest absolute Gasteiger partial charge is 0.382 e. The summed E-state index contributed by atoms with van der Waals surface area (Å²) in [5.41, 5.74) is 6.50. The molecule has 0 bridgehead atoms. The highest BCUT2D eigenvalue weighted by atomic mass is 32.2. The third-order valence-electron chi connectivity index (χ3n) is 2.27. The summed E-state index contributed by atoms with van der Waals surface area (Å²) in [6.07, 6.45) is 2.41. The van der Waals surface area contributed by atoms with Crippen LogP contribution in [0.1, 0.15) is 18.9 Å². The lowest BCUT2D eigenvalue weighted by molar-refractivity contribution is 0.574. The van der Waals surface area contributed by atoms with Crippen LogP contribution in [0.25, 0.3) is 0 Å². The highest BCUT2D eigenvalue weighted by Gasteiger charge is 2.07. The van der Waals surface area contributed by atoms with Gasteiger partial charge in [0.25, 0.3) is 0 Å². The molecule has 0 aliphatic rings. The molecule has 0 aromatic carbocycles. The van der Waals surface area contributed by atoms with E-state index >= 15 is 0 Å². The molecule has 0 unspecified atom stereocenters. The first kappa shape index (κ1) is 12.0. The average molecular weight is 231 g/mol. The average Bonchev–Trinajstić information content (AvgIpc) is 2.46. The number of sulfone groups is 1. The van der Waals surface area contributed by atoms with Crippen molar-refractivity contribution in [2.45, 2.75) is 26.8 Å². The molecule has 6 heteroatoms. The molecule has 0 spiro atoms. The molecule has 5 nitrogen and oxygen atoms in total. The van der Waals surface area contributed by atoms with Crippen LogP contribution in [0.5, 0.6) is 0 Å². The molecule has 0 atom stereocenters. The highest BCUT2D eigenvalue weighted by molar-refractivity contribution is 7.91. The van der Waals surface area contributed by atoms with Gasteiger partial charge in [-0.2, -0.15) is 5.10 Å². The summed E-state index contributed by atoms with van der Waals surface area (Å²) in [7, 11) is -2.87. The molecule has 2 N–H and O–H groups in total. The van der Waals surface area contributed by atoms with Gasteiger partial charge in [0.05, 0.1) is 5.75 Å². The van der Waals surface area contributed by atoms with Crippen LogP contribution in [0.2, 0.25) is 0 Å². The van der Waals surface area contributed by atoms with E-state index < -0.39 is 9.84 Å². The fourth-order valence-electron chi connectivity index (χ4n) is 1.24. The zero-order chi connectivity index (χ0) is 11.5. The van der Waals surface area contributed by atoms with Gasteiger partial charge in [0.1, 0.15) is 15.7 Å². The van der Waals surface area contributed by atoms with E-state index in [4.69, 9.17) is 5.73 Å². The maximum atomic E-state index is 11.2. The first-order valence-corrected chi connectivity index (χ1v) is 6.76. The van der Waals surface area contributed by atoms with Crippen molar-refractivity contribution in [2.75, 3.05) is 17.2 Å². The minimum absolute atomic E-state index is 0.202. The van der Waals surface area contributed by atoms with Crippen LogP contribution in [-0.4, -0.2) is 29.7 Å². The normalized spacial score (nSPS) is 11.9. The maximum absolute atomic E-state index is 11.2. The Morgan fingerprint density at radius 3 is 2.67 bits per heavy atom. The summed E-state index contributed by atoms with van der Waals surface area (Å²) in [5, 5.41) is 4.06. The van der Waals surface area contributed by atoms with Crippen molar-refractivity contribution in [2.24, 2.45) is 0 Å². The quantitative estimate of drug-likeness (QED) is 0.805. The van der Waals surface area contributed by atoms with Crippen molar-refractivity contribution in [3.63, 3.8) is 0 Å². The molecule has 0 radical (unpaired) electrons. The van der Waals surface area contributed by atoms with E-state index in [0.29, 0.717) is 18.8 Å². The van der Waals surface area contributed by atoms with Crippen molar-refractivity contribution in [1.29, 1.82) is 0 Å². The molecule has 0 saturated carbocycles. The molecule has 0 saturated heterocycles. The van der Waals surface area contributed by atoms with E-state index in [9.17, 15) is 8.42 Å². The molecule has 0 aliphatic heterocycles. The van der Waals surface area contributed by atoms with Gasteiger partial charge in [-0.3, -0.25) is 4.68 Å². The van der Waals surface area contributed by atoms with E-state index in [1.165, 1.54) is 0 Å². The van der Waals surface area contributed by atoms with E-state index in [0.717, 1.165) is 5.56 Å². The first-order chi connectivity index (χ1) is 6.94. The van der Waals surface area contributed by atoms with Gasteiger partial charge in [-0.25, -0.2) is 8.42 Å². The molecule has 86 valence electrons. The number of rotatable bonds is 5. The second-order valence-electron chi connectivity index (χ2n) is 3.55. The van der Waals surface area contributed by atoms with E-state index in [1.807, 2.05) is 13.1 Å².